The van der Waals surface area contributed by atoms with Crippen LogP contribution in [0.15, 0.2) is 218 Å². The number of fused-ring (bicyclic) bond motifs is 2. The average molecular weight is 982 g/mol. The molecule has 6 nitrogen and oxygen atoms in total. The van der Waals surface area contributed by atoms with Crippen LogP contribution in [-0.2, 0) is 21.8 Å². The zero-order valence-corrected chi connectivity index (χ0v) is 41.3. The second-order valence-corrected chi connectivity index (χ2v) is 29.8. The van der Waals surface area contributed by atoms with Gasteiger partial charge >= 0.3 is 412 Å². The molecule has 0 N–H and O–H groups in total. The molecule has 0 spiro atoms. The van der Waals surface area contributed by atoms with Crippen molar-refractivity contribution in [3.05, 3.63) is 230 Å². The molecule has 0 atom stereocenters. The van der Waals surface area contributed by atoms with Crippen molar-refractivity contribution in [2.24, 2.45) is 0 Å². The molecule has 0 aromatic heterocycles. The third-order valence-corrected chi connectivity index (χ3v) is 27.1. The topological polar surface area (TPSA) is 55.4 Å². The SMILES string of the molecule is ClP(Cc1ccc2c(c1)OCCOCCOc1cc(CP(Cl)(c3ccccc3)(c3ccccc3)c3ccccc3)ccc1OCCOCCO2)(c1ccccc1)(c1ccccc1)c1ccccc1. The quantitative estimate of drug-likeness (QED) is 0.127. The zero-order chi connectivity index (χ0) is 46.6. The fourth-order valence-electron chi connectivity index (χ4n) is 9.37. The van der Waals surface area contributed by atoms with E-state index < -0.39 is 11.9 Å². The Morgan fingerprint density at radius 1 is 0.279 bits per heavy atom. The zero-order valence-electron chi connectivity index (χ0n) is 38.0. The molecule has 0 fully saturated rings. The van der Waals surface area contributed by atoms with Gasteiger partial charge in [0.2, 0.25) is 0 Å². The van der Waals surface area contributed by atoms with Crippen LogP contribution in [0.4, 0.5) is 0 Å². The number of rotatable bonds is 10. The molecular weight excluding hydrogens is 925 g/mol. The van der Waals surface area contributed by atoms with E-state index in [0.717, 1.165) is 43.0 Å². The molecule has 0 unspecified atom stereocenters. The number of hydrogen-bond acceptors (Lipinski definition) is 6. The van der Waals surface area contributed by atoms with E-state index in [1.54, 1.807) is 0 Å². The molecule has 1 aliphatic heterocycles. The van der Waals surface area contributed by atoms with Crippen LogP contribution in [-0.4, -0.2) is 52.9 Å². The van der Waals surface area contributed by atoms with Crippen molar-refractivity contribution >= 4 is 66.2 Å². The summed E-state index contributed by atoms with van der Waals surface area (Å²) in [6.07, 6.45) is 1.11. The van der Waals surface area contributed by atoms with E-state index in [0.29, 0.717) is 88.2 Å². The van der Waals surface area contributed by atoms with E-state index >= 15 is 0 Å². The van der Waals surface area contributed by atoms with Gasteiger partial charge in [-0.1, -0.05) is 0 Å². The molecule has 10 heteroatoms. The Hall–Kier alpha value is -5.68. The van der Waals surface area contributed by atoms with E-state index in [-0.39, 0.29) is 0 Å². The Morgan fingerprint density at radius 3 is 0.765 bits per heavy atom. The molecular formula is C58H56Cl2O6P2. The number of benzene rings is 8. The van der Waals surface area contributed by atoms with E-state index in [4.69, 9.17) is 50.9 Å². The van der Waals surface area contributed by atoms with Crippen LogP contribution in [0.3, 0.4) is 0 Å². The van der Waals surface area contributed by atoms with Crippen LogP contribution in [0.2, 0.25) is 0 Å². The van der Waals surface area contributed by atoms with E-state index in [1.807, 2.05) is 48.5 Å². The minimum atomic E-state index is -3.62. The molecule has 0 aliphatic carbocycles. The molecule has 0 saturated heterocycles. The molecule has 8 aromatic rings. The molecule has 0 saturated carbocycles. The first-order valence-corrected chi connectivity index (χ1v) is 29.7. The van der Waals surface area contributed by atoms with Crippen LogP contribution < -0.4 is 50.8 Å². The number of halogens is 2. The van der Waals surface area contributed by atoms with Crippen molar-refractivity contribution in [3.8, 4) is 23.0 Å². The number of hydrogen-bond donors (Lipinski definition) is 0. The van der Waals surface area contributed by atoms with Crippen molar-refractivity contribution in [2.45, 2.75) is 12.3 Å². The Bertz CT molecular complexity index is 2470. The molecule has 0 bridgehead atoms. The maximum atomic E-state index is 8.47. The first-order chi connectivity index (χ1) is 33.4. The molecule has 68 heavy (non-hydrogen) atoms. The van der Waals surface area contributed by atoms with Gasteiger partial charge in [-0.3, -0.25) is 0 Å². The van der Waals surface area contributed by atoms with Gasteiger partial charge in [-0.15, -0.1) is 0 Å². The fourth-order valence-corrected chi connectivity index (χ4v) is 21.6. The van der Waals surface area contributed by atoms with Gasteiger partial charge in [-0.2, -0.15) is 0 Å². The van der Waals surface area contributed by atoms with Gasteiger partial charge in [0, 0.05) is 0 Å². The summed E-state index contributed by atoms with van der Waals surface area (Å²) >= 11 is 16.9. The van der Waals surface area contributed by atoms with Crippen LogP contribution in [0, 0.1) is 0 Å². The summed E-state index contributed by atoms with van der Waals surface area (Å²) in [6, 6.07) is 75.2. The molecule has 8 aromatic carbocycles. The first-order valence-electron chi connectivity index (χ1n) is 23.1. The Labute approximate surface area is 410 Å². The Morgan fingerprint density at radius 2 is 0.515 bits per heavy atom. The Balaban J connectivity index is 0.956. The predicted octanol–water partition coefficient (Wildman–Crippen LogP) is 11.3. The molecule has 1 aliphatic rings. The third kappa shape index (κ3) is 9.65. The van der Waals surface area contributed by atoms with Crippen molar-refractivity contribution in [1.82, 2.24) is 0 Å². The summed E-state index contributed by atoms with van der Waals surface area (Å²) in [4.78, 5) is 0. The van der Waals surface area contributed by atoms with Gasteiger partial charge < -0.3 is 0 Å². The standard InChI is InChI=1S/C58H56Cl2O6P2/c59-67(49-19-7-1-8-20-49,50-21-9-2-10-22-50,51-23-11-3-12-24-51)45-47-31-33-55-57(43-47)65-41-37-62-38-42-66-58-44-48(32-34-56(58)64-40-36-61-35-39-63-55)46-68(60,52-25-13-4-14-26-52,53-27-15-5-16-28-53)54-29-17-6-18-30-54/h1-34,43-44H,35-42,45-46H2. The Kier molecular flexibility index (Phi) is 14.9. The van der Waals surface area contributed by atoms with Gasteiger partial charge in [0.1, 0.15) is 0 Å². The van der Waals surface area contributed by atoms with Gasteiger partial charge in [0.25, 0.3) is 0 Å². The van der Waals surface area contributed by atoms with E-state index in [9.17, 15) is 0 Å². The van der Waals surface area contributed by atoms with Crippen LogP contribution in [0.25, 0.3) is 0 Å². The summed E-state index contributed by atoms with van der Waals surface area (Å²) < 4.78 is 37.8. The van der Waals surface area contributed by atoms with E-state index in [1.165, 1.54) is 0 Å². The van der Waals surface area contributed by atoms with Gasteiger partial charge in [-0.05, 0) is 0 Å². The summed E-state index contributed by atoms with van der Waals surface area (Å²) in [6.45, 7) is 2.59. The summed E-state index contributed by atoms with van der Waals surface area (Å²) in [7, 11) is 0. The molecule has 9 rings (SSSR count). The van der Waals surface area contributed by atoms with Gasteiger partial charge in [0.05, 0.1) is 0 Å². The summed E-state index contributed by atoms with van der Waals surface area (Å²) in [5, 5.41) is 6.55. The summed E-state index contributed by atoms with van der Waals surface area (Å²) in [5.41, 5.74) is 2.05. The van der Waals surface area contributed by atoms with Crippen LogP contribution in [0.1, 0.15) is 11.1 Å². The van der Waals surface area contributed by atoms with Gasteiger partial charge in [-0.25, -0.2) is 0 Å². The predicted molar refractivity (Wildman–Crippen MR) is 286 cm³/mol. The van der Waals surface area contributed by atoms with Crippen molar-refractivity contribution in [1.29, 1.82) is 0 Å². The van der Waals surface area contributed by atoms with Crippen LogP contribution >= 0.6 is 34.4 Å². The normalized spacial score (nSPS) is 15.3. The van der Waals surface area contributed by atoms with Gasteiger partial charge in [0.15, 0.2) is 0 Å². The second kappa shape index (κ2) is 21.3. The average Bonchev–Trinajstić information content (AvgIpc) is 3.40. The van der Waals surface area contributed by atoms with Crippen molar-refractivity contribution in [2.75, 3.05) is 52.9 Å². The first kappa shape index (κ1) is 47.4. The van der Waals surface area contributed by atoms with Crippen molar-refractivity contribution in [3.63, 3.8) is 0 Å². The minimum absolute atomic E-state index is 0.294. The molecule has 348 valence electrons. The van der Waals surface area contributed by atoms with Crippen molar-refractivity contribution < 1.29 is 28.4 Å². The second-order valence-electron chi connectivity index (χ2n) is 16.9. The molecule has 0 amide bonds. The van der Waals surface area contributed by atoms with Crippen LogP contribution in [0.5, 0.6) is 23.0 Å². The monoisotopic (exact) mass is 980 g/mol. The molecule has 1 heterocycles. The fraction of sp³-hybridized carbons (Fsp3) is 0.172. The maximum absolute atomic E-state index is 8.47. The van der Waals surface area contributed by atoms with E-state index in [2.05, 4.69) is 170 Å². The number of ether oxygens (including phenoxy) is 6. The third-order valence-electron chi connectivity index (χ3n) is 12.7. The molecule has 0 radical (unpaired) electrons. The summed E-state index contributed by atoms with van der Waals surface area (Å²) in [5.74, 6) is -4.76.